The Kier molecular flexibility index (Phi) is 5.48. The van der Waals surface area contributed by atoms with Crippen molar-refractivity contribution < 1.29 is 4.79 Å². The van der Waals surface area contributed by atoms with Gasteiger partial charge in [0.15, 0.2) is 0 Å². The molecule has 8 heteroatoms. The Morgan fingerprint density at radius 2 is 2.30 bits per heavy atom. The summed E-state index contributed by atoms with van der Waals surface area (Å²) in [7, 11) is 0. The number of rotatable bonds is 8. The van der Waals surface area contributed by atoms with Gasteiger partial charge >= 0.3 is 0 Å². The monoisotopic (exact) mass is 294 g/mol. The van der Waals surface area contributed by atoms with Gasteiger partial charge in [0.05, 0.1) is 0 Å². The number of amides is 1. The summed E-state index contributed by atoms with van der Waals surface area (Å²) in [6.45, 7) is 3.50. The second-order valence-corrected chi connectivity index (χ2v) is 5.21. The molecule has 0 unspecified atom stereocenters. The Hall–Kier alpha value is -1.96. The van der Waals surface area contributed by atoms with Gasteiger partial charge in [-0.05, 0) is 12.8 Å². The number of aromatic amines is 1. The predicted molar refractivity (Wildman–Crippen MR) is 77.9 cm³/mol. The van der Waals surface area contributed by atoms with E-state index in [1.54, 1.807) is 12.4 Å². The van der Waals surface area contributed by atoms with E-state index in [-0.39, 0.29) is 5.91 Å². The Morgan fingerprint density at radius 1 is 1.40 bits per heavy atom. The highest BCUT2D eigenvalue weighted by atomic mass is 32.1. The lowest BCUT2D eigenvalue weighted by Crippen LogP contribution is -2.24. The summed E-state index contributed by atoms with van der Waals surface area (Å²) in [6, 6.07) is 0. The summed E-state index contributed by atoms with van der Waals surface area (Å²) in [5.41, 5.74) is 0. The minimum absolute atomic E-state index is 0.175. The molecule has 0 saturated heterocycles. The summed E-state index contributed by atoms with van der Waals surface area (Å²) in [5, 5.41) is 14.8. The van der Waals surface area contributed by atoms with Gasteiger partial charge in [0.1, 0.15) is 5.82 Å². The van der Waals surface area contributed by atoms with E-state index in [1.165, 1.54) is 11.3 Å². The topological polar surface area (TPSA) is 95.6 Å². The third-order valence-electron chi connectivity index (χ3n) is 2.58. The van der Waals surface area contributed by atoms with Crippen LogP contribution in [0.3, 0.4) is 0 Å². The Bertz CT molecular complexity index is 524. The first-order valence-corrected chi connectivity index (χ1v) is 7.45. The van der Waals surface area contributed by atoms with E-state index in [0.717, 1.165) is 31.6 Å². The van der Waals surface area contributed by atoms with Crippen molar-refractivity contribution in [2.24, 2.45) is 0 Å². The minimum atomic E-state index is -0.175. The molecule has 2 rings (SSSR count). The summed E-state index contributed by atoms with van der Waals surface area (Å²) >= 11 is 1.27. The SMILES string of the molecule is CCCNc1nnc(C(=O)NCCCc2ncc[nH]2)s1. The van der Waals surface area contributed by atoms with Crippen molar-refractivity contribution in [3.05, 3.63) is 23.2 Å². The highest BCUT2D eigenvalue weighted by molar-refractivity contribution is 7.17. The molecule has 0 aliphatic rings. The standard InChI is InChI=1S/C12H18N6OS/c1-2-5-16-12-18-17-11(20-12)10(19)15-6-3-4-9-13-7-8-14-9/h7-8H,2-6H2,1H3,(H,13,14)(H,15,19)(H,16,18). The van der Waals surface area contributed by atoms with Crippen molar-refractivity contribution in [2.75, 3.05) is 18.4 Å². The number of hydrogen-bond donors (Lipinski definition) is 3. The Morgan fingerprint density at radius 3 is 3.05 bits per heavy atom. The molecule has 0 bridgehead atoms. The van der Waals surface area contributed by atoms with Gasteiger partial charge in [-0.3, -0.25) is 4.79 Å². The van der Waals surface area contributed by atoms with Crippen molar-refractivity contribution in [1.29, 1.82) is 0 Å². The van der Waals surface area contributed by atoms with Crippen LogP contribution < -0.4 is 10.6 Å². The molecular formula is C12H18N6OS. The van der Waals surface area contributed by atoms with Crippen LogP contribution in [-0.4, -0.2) is 39.2 Å². The molecule has 0 fully saturated rings. The molecule has 20 heavy (non-hydrogen) atoms. The molecule has 2 aromatic heterocycles. The number of hydrogen-bond acceptors (Lipinski definition) is 6. The molecule has 0 aromatic carbocycles. The van der Waals surface area contributed by atoms with E-state index >= 15 is 0 Å². The number of anilines is 1. The zero-order chi connectivity index (χ0) is 14.2. The lowest BCUT2D eigenvalue weighted by atomic mass is 10.3. The van der Waals surface area contributed by atoms with Gasteiger partial charge in [0.25, 0.3) is 5.91 Å². The number of carbonyl (C=O) groups is 1. The van der Waals surface area contributed by atoms with Gasteiger partial charge in [0, 0.05) is 31.9 Å². The summed E-state index contributed by atoms with van der Waals surface area (Å²) < 4.78 is 0. The smallest absolute Gasteiger partial charge is 0.282 e. The van der Waals surface area contributed by atoms with Crippen molar-refractivity contribution in [3.63, 3.8) is 0 Å². The minimum Gasteiger partial charge on any atom is -0.360 e. The normalized spacial score (nSPS) is 10.4. The largest absolute Gasteiger partial charge is 0.360 e. The molecule has 108 valence electrons. The summed E-state index contributed by atoms with van der Waals surface area (Å²) in [5.74, 6) is 0.757. The number of carbonyl (C=O) groups excluding carboxylic acids is 1. The fourth-order valence-electron chi connectivity index (χ4n) is 1.59. The van der Waals surface area contributed by atoms with Crippen LogP contribution in [0.25, 0.3) is 0 Å². The fraction of sp³-hybridized carbons (Fsp3) is 0.500. The quantitative estimate of drug-likeness (QED) is 0.640. The third-order valence-corrected chi connectivity index (χ3v) is 3.46. The number of aromatic nitrogens is 4. The van der Waals surface area contributed by atoms with Gasteiger partial charge < -0.3 is 15.6 Å². The molecule has 0 radical (unpaired) electrons. The molecule has 7 nitrogen and oxygen atoms in total. The molecule has 0 spiro atoms. The average molecular weight is 294 g/mol. The van der Waals surface area contributed by atoms with Crippen molar-refractivity contribution in [3.8, 4) is 0 Å². The number of aryl methyl sites for hydroxylation is 1. The molecule has 0 aliphatic carbocycles. The molecule has 2 heterocycles. The van der Waals surface area contributed by atoms with Gasteiger partial charge in [-0.2, -0.15) is 0 Å². The first kappa shape index (κ1) is 14.4. The molecule has 2 aromatic rings. The van der Waals surface area contributed by atoms with Gasteiger partial charge in [-0.15, -0.1) is 10.2 Å². The van der Waals surface area contributed by atoms with Crippen LogP contribution in [0.15, 0.2) is 12.4 Å². The number of nitrogens with one attached hydrogen (secondary N) is 3. The molecule has 1 amide bonds. The van der Waals surface area contributed by atoms with Crippen LogP contribution in [0.1, 0.15) is 35.4 Å². The number of H-pyrrole nitrogens is 1. The van der Waals surface area contributed by atoms with Crippen molar-refractivity contribution in [1.82, 2.24) is 25.5 Å². The molecule has 0 saturated carbocycles. The van der Waals surface area contributed by atoms with Crippen LogP contribution in [0.2, 0.25) is 0 Å². The van der Waals surface area contributed by atoms with E-state index in [4.69, 9.17) is 0 Å². The Labute approximate surface area is 121 Å². The van der Waals surface area contributed by atoms with E-state index in [9.17, 15) is 4.79 Å². The van der Waals surface area contributed by atoms with Crippen LogP contribution in [0, 0.1) is 0 Å². The van der Waals surface area contributed by atoms with Crippen molar-refractivity contribution >= 4 is 22.4 Å². The molecule has 0 aliphatic heterocycles. The summed E-state index contributed by atoms with van der Waals surface area (Å²) in [4.78, 5) is 19.0. The maximum Gasteiger partial charge on any atom is 0.282 e. The van der Waals surface area contributed by atoms with E-state index in [2.05, 4.69) is 37.7 Å². The van der Waals surface area contributed by atoms with E-state index in [1.807, 2.05) is 0 Å². The fourth-order valence-corrected chi connectivity index (χ4v) is 2.27. The van der Waals surface area contributed by atoms with Crippen LogP contribution in [0.4, 0.5) is 5.13 Å². The van der Waals surface area contributed by atoms with Gasteiger partial charge in [-0.1, -0.05) is 18.3 Å². The van der Waals surface area contributed by atoms with Crippen molar-refractivity contribution in [2.45, 2.75) is 26.2 Å². The zero-order valence-corrected chi connectivity index (χ0v) is 12.2. The van der Waals surface area contributed by atoms with Gasteiger partial charge in [0.2, 0.25) is 10.1 Å². The molecular weight excluding hydrogens is 276 g/mol. The first-order chi connectivity index (χ1) is 9.79. The maximum atomic E-state index is 11.8. The lowest BCUT2D eigenvalue weighted by Gasteiger charge is -2.01. The second-order valence-electron chi connectivity index (χ2n) is 4.23. The molecule has 3 N–H and O–H groups in total. The van der Waals surface area contributed by atoms with Gasteiger partial charge in [-0.25, -0.2) is 4.98 Å². The number of nitrogens with zero attached hydrogens (tertiary/aromatic N) is 3. The number of imidazole rings is 1. The van der Waals surface area contributed by atoms with E-state index in [0.29, 0.717) is 16.7 Å². The highest BCUT2D eigenvalue weighted by Gasteiger charge is 2.11. The third kappa shape index (κ3) is 4.30. The Balaban J connectivity index is 1.70. The summed E-state index contributed by atoms with van der Waals surface area (Å²) in [6.07, 6.45) is 6.17. The van der Waals surface area contributed by atoms with Crippen LogP contribution in [0.5, 0.6) is 0 Å². The lowest BCUT2D eigenvalue weighted by molar-refractivity contribution is 0.0952. The predicted octanol–water partition coefficient (Wildman–Crippen LogP) is 1.45. The average Bonchev–Trinajstić information content (AvgIpc) is 3.12. The molecule has 0 atom stereocenters. The van der Waals surface area contributed by atoms with Crippen LogP contribution >= 0.6 is 11.3 Å². The zero-order valence-electron chi connectivity index (χ0n) is 11.3. The van der Waals surface area contributed by atoms with E-state index < -0.39 is 0 Å². The maximum absolute atomic E-state index is 11.8. The second kappa shape index (κ2) is 7.59. The first-order valence-electron chi connectivity index (χ1n) is 6.63. The van der Waals surface area contributed by atoms with Crippen LogP contribution in [-0.2, 0) is 6.42 Å². The highest BCUT2D eigenvalue weighted by Crippen LogP contribution is 2.14.